The fraction of sp³-hybridized carbons (Fsp3) is 0.571. The number of carbonyl (C=O) groups excluding carboxylic acids is 1. The van der Waals surface area contributed by atoms with Crippen LogP contribution in [0.4, 0.5) is 5.82 Å². The summed E-state index contributed by atoms with van der Waals surface area (Å²) in [5.41, 5.74) is 6.88. The number of aryl methyl sites for hydroxylation is 1. The van der Waals surface area contributed by atoms with E-state index < -0.39 is 0 Å². The van der Waals surface area contributed by atoms with Crippen LogP contribution < -0.4 is 11.1 Å². The number of nitrogens with one attached hydrogen (secondary N) is 1. The van der Waals surface area contributed by atoms with Crippen molar-refractivity contribution in [2.45, 2.75) is 33.2 Å². The Hall–Kier alpha value is -1.62. The largest absolute Gasteiger partial charge is 0.465 e. The topological polar surface area (TPSA) is 77.2 Å². The van der Waals surface area contributed by atoms with E-state index in [1.54, 1.807) is 19.1 Å². The van der Waals surface area contributed by atoms with E-state index in [9.17, 15) is 4.79 Å². The third-order valence-electron chi connectivity index (χ3n) is 2.88. The second-order valence-electron chi connectivity index (χ2n) is 5.03. The smallest absolute Gasteiger partial charge is 0.339 e. The number of ether oxygens (including phenoxy) is 1. The molecule has 1 heterocycles. The summed E-state index contributed by atoms with van der Waals surface area (Å²) in [6.07, 6.45) is 0.982. The SMILES string of the molecule is COC(=O)c1ccc(NC(CN)CC(C)C)nc1C. The Bertz CT molecular complexity index is 433. The number of hydrogen-bond acceptors (Lipinski definition) is 5. The first-order valence-corrected chi connectivity index (χ1v) is 6.50. The van der Waals surface area contributed by atoms with E-state index in [2.05, 4.69) is 24.1 Å². The van der Waals surface area contributed by atoms with Gasteiger partial charge in [-0.1, -0.05) is 13.8 Å². The van der Waals surface area contributed by atoms with Crippen LogP contribution in [-0.2, 0) is 4.74 Å². The molecular weight excluding hydrogens is 242 g/mol. The van der Waals surface area contributed by atoms with E-state index in [0.717, 1.165) is 12.2 Å². The zero-order valence-corrected chi connectivity index (χ0v) is 12.1. The first-order valence-electron chi connectivity index (χ1n) is 6.50. The van der Waals surface area contributed by atoms with Crippen molar-refractivity contribution in [2.75, 3.05) is 19.0 Å². The number of methoxy groups -OCH3 is 1. The molecule has 0 aliphatic rings. The molecule has 0 radical (unpaired) electrons. The van der Waals surface area contributed by atoms with Crippen molar-refractivity contribution in [3.8, 4) is 0 Å². The molecule has 1 atom stereocenters. The summed E-state index contributed by atoms with van der Waals surface area (Å²) in [6.45, 7) is 6.65. The van der Waals surface area contributed by atoms with Crippen molar-refractivity contribution in [1.82, 2.24) is 4.98 Å². The average Bonchev–Trinajstić information content (AvgIpc) is 2.36. The number of nitrogens with zero attached hydrogens (tertiary/aromatic N) is 1. The zero-order valence-electron chi connectivity index (χ0n) is 12.1. The summed E-state index contributed by atoms with van der Waals surface area (Å²) >= 11 is 0. The minimum atomic E-state index is -0.367. The van der Waals surface area contributed by atoms with Crippen molar-refractivity contribution in [1.29, 1.82) is 0 Å². The van der Waals surface area contributed by atoms with Crippen LogP contribution >= 0.6 is 0 Å². The predicted octanol–water partition coefficient (Wildman–Crippen LogP) is 1.96. The van der Waals surface area contributed by atoms with Crippen LogP contribution in [0.2, 0.25) is 0 Å². The number of esters is 1. The third-order valence-corrected chi connectivity index (χ3v) is 2.88. The highest BCUT2D eigenvalue weighted by molar-refractivity contribution is 5.90. The third kappa shape index (κ3) is 4.52. The van der Waals surface area contributed by atoms with Gasteiger partial charge in [-0.25, -0.2) is 9.78 Å². The summed E-state index contributed by atoms with van der Waals surface area (Å²) in [7, 11) is 1.36. The molecule has 0 spiro atoms. The Morgan fingerprint density at radius 1 is 1.47 bits per heavy atom. The standard InChI is InChI=1S/C14H23N3O2/c1-9(2)7-11(8-15)17-13-6-5-12(10(3)16-13)14(18)19-4/h5-6,9,11H,7-8,15H2,1-4H3,(H,16,17). The lowest BCUT2D eigenvalue weighted by Gasteiger charge is -2.19. The van der Waals surface area contributed by atoms with E-state index in [0.29, 0.717) is 23.7 Å². The molecule has 0 saturated carbocycles. The van der Waals surface area contributed by atoms with Crippen LogP contribution in [0.25, 0.3) is 0 Å². The summed E-state index contributed by atoms with van der Waals surface area (Å²) in [4.78, 5) is 15.8. The highest BCUT2D eigenvalue weighted by Crippen LogP contribution is 2.14. The molecule has 0 bridgehead atoms. The molecule has 0 aliphatic heterocycles. The fourth-order valence-electron chi connectivity index (χ4n) is 1.96. The number of hydrogen-bond donors (Lipinski definition) is 2. The molecule has 1 aromatic heterocycles. The lowest BCUT2D eigenvalue weighted by Crippen LogP contribution is -2.30. The van der Waals surface area contributed by atoms with Gasteiger partial charge in [-0.05, 0) is 31.4 Å². The molecular formula is C14H23N3O2. The number of carbonyl (C=O) groups is 1. The molecule has 106 valence electrons. The Morgan fingerprint density at radius 3 is 2.63 bits per heavy atom. The Labute approximate surface area is 114 Å². The average molecular weight is 265 g/mol. The van der Waals surface area contributed by atoms with Crippen LogP contribution in [0.5, 0.6) is 0 Å². The molecule has 0 aromatic carbocycles. The van der Waals surface area contributed by atoms with E-state index >= 15 is 0 Å². The van der Waals surface area contributed by atoms with Crippen LogP contribution in [0, 0.1) is 12.8 Å². The molecule has 19 heavy (non-hydrogen) atoms. The van der Waals surface area contributed by atoms with Crippen LogP contribution in [0.1, 0.15) is 36.3 Å². The normalized spacial score (nSPS) is 12.3. The minimum Gasteiger partial charge on any atom is -0.465 e. The van der Waals surface area contributed by atoms with Gasteiger partial charge in [0.2, 0.25) is 0 Å². The van der Waals surface area contributed by atoms with E-state index in [1.807, 2.05) is 0 Å². The number of nitrogens with two attached hydrogens (primary N) is 1. The molecule has 1 unspecified atom stereocenters. The number of rotatable bonds is 6. The van der Waals surface area contributed by atoms with Gasteiger partial charge < -0.3 is 15.8 Å². The van der Waals surface area contributed by atoms with Gasteiger partial charge in [0.1, 0.15) is 5.82 Å². The monoisotopic (exact) mass is 265 g/mol. The highest BCUT2D eigenvalue weighted by atomic mass is 16.5. The predicted molar refractivity (Wildman–Crippen MR) is 76.2 cm³/mol. The van der Waals surface area contributed by atoms with Crippen LogP contribution in [0.15, 0.2) is 12.1 Å². The quantitative estimate of drug-likeness (QED) is 0.769. The van der Waals surface area contributed by atoms with Gasteiger partial charge in [0.05, 0.1) is 18.4 Å². The van der Waals surface area contributed by atoms with Crippen molar-refractivity contribution >= 4 is 11.8 Å². The Kier molecular flexibility index (Phi) is 5.76. The van der Waals surface area contributed by atoms with Crippen molar-refractivity contribution in [2.24, 2.45) is 11.7 Å². The summed E-state index contributed by atoms with van der Waals surface area (Å²) < 4.78 is 4.69. The minimum absolute atomic E-state index is 0.191. The van der Waals surface area contributed by atoms with E-state index in [-0.39, 0.29) is 12.0 Å². The molecule has 5 nitrogen and oxygen atoms in total. The Morgan fingerprint density at radius 2 is 2.16 bits per heavy atom. The molecule has 3 N–H and O–H groups in total. The molecule has 5 heteroatoms. The van der Waals surface area contributed by atoms with Gasteiger partial charge in [0.15, 0.2) is 0 Å². The number of pyridine rings is 1. The van der Waals surface area contributed by atoms with Gasteiger partial charge in [-0.3, -0.25) is 0 Å². The van der Waals surface area contributed by atoms with Crippen molar-refractivity contribution in [3.05, 3.63) is 23.4 Å². The summed E-state index contributed by atoms with van der Waals surface area (Å²) in [5.74, 6) is 0.937. The maximum atomic E-state index is 11.5. The molecule has 1 aromatic rings. The van der Waals surface area contributed by atoms with Gasteiger partial charge in [-0.2, -0.15) is 0 Å². The van der Waals surface area contributed by atoms with Gasteiger partial charge in [-0.15, -0.1) is 0 Å². The highest BCUT2D eigenvalue weighted by Gasteiger charge is 2.13. The van der Waals surface area contributed by atoms with Gasteiger partial charge in [0.25, 0.3) is 0 Å². The Balaban J connectivity index is 2.80. The maximum Gasteiger partial charge on any atom is 0.339 e. The summed E-state index contributed by atoms with van der Waals surface area (Å²) in [5, 5.41) is 3.30. The van der Waals surface area contributed by atoms with Gasteiger partial charge in [0, 0.05) is 12.6 Å². The molecule has 1 rings (SSSR count). The van der Waals surface area contributed by atoms with Crippen LogP contribution in [0.3, 0.4) is 0 Å². The second-order valence-corrected chi connectivity index (χ2v) is 5.03. The van der Waals surface area contributed by atoms with Crippen LogP contribution in [-0.4, -0.2) is 30.6 Å². The lowest BCUT2D eigenvalue weighted by atomic mass is 10.0. The van der Waals surface area contributed by atoms with Crippen molar-refractivity contribution < 1.29 is 9.53 Å². The summed E-state index contributed by atoms with van der Waals surface area (Å²) in [6, 6.07) is 3.69. The fourth-order valence-corrected chi connectivity index (χ4v) is 1.96. The molecule has 0 saturated heterocycles. The maximum absolute atomic E-state index is 11.5. The first kappa shape index (κ1) is 15.4. The van der Waals surface area contributed by atoms with Gasteiger partial charge >= 0.3 is 5.97 Å². The zero-order chi connectivity index (χ0) is 14.4. The molecule has 0 fully saturated rings. The molecule has 0 amide bonds. The van der Waals surface area contributed by atoms with Crippen molar-refractivity contribution in [3.63, 3.8) is 0 Å². The number of aromatic nitrogens is 1. The van der Waals surface area contributed by atoms with E-state index in [4.69, 9.17) is 10.5 Å². The second kappa shape index (κ2) is 7.09. The lowest BCUT2D eigenvalue weighted by molar-refractivity contribution is 0.0599. The van der Waals surface area contributed by atoms with E-state index in [1.165, 1.54) is 7.11 Å². The number of anilines is 1. The molecule has 0 aliphatic carbocycles. The first-order chi connectivity index (χ1) is 8.97.